The fourth-order valence-electron chi connectivity index (χ4n) is 3.11. The minimum Gasteiger partial charge on any atom is -1.00 e. The van der Waals surface area contributed by atoms with E-state index in [1.165, 1.54) is 11.3 Å². The predicted octanol–water partition coefficient (Wildman–Crippen LogP) is 2.24. The number of hydrogen-bond acceptors (Lipinski definition) is 1. The zero-order valence-corrected chi connectivity index (χ0v) is 18.1. The van der Waals surface area contributed by atoms with Crippen molar-refractivity contribution >= 4 is 17.2 Å². The van der Waals surface area contributed by atoms with Crippen molar-refractivity contribution in [2.45, 2.75) is 0 Å². The van der Waals surface area contributed by atoms with Crippen LogP contribution in [0.25, 0.3) is 11.5 Å². The Bertz CT molecular complexity index is 959. The topological polar surface area (TPSA) is 12.2 Å². The largest absolute Gasteiger partial charge is 1.00 e. The van der Waals surface area contributed by atoms with Crippen LogP contribution in [0.2, 0.25) is 0 Å². The van der Waals surface area contributed by atoms with Crippen molar-refractivity contribution < 1.29 is 33.3 Å². The summed E-state index contributed by atoms with van der Waals surface area (Å²) in [6.07, 6.45) is 12.8. The van der Waals surface area contributed by atoms with Gasteiger partial charge >= 0.3 is 0 Å². The van der Waals surface area contributed by atoms with Crippen molar-refractivity contribution in [3.05, 3.63) is 119 Å². The standard InChI is InChI=1S/C25H22NO.HI/c1-26(2)23-15-13-19(14-16-23)22-17-24(20-9-5-3-6-10-20)27-25(18-22)21-11-7-4-8-12-21;/h3-18H,1-2H3;1H/q+1;/p-1. The molecule has 3 heteroatoms. The second kappa shape index (κ2) is 9.02. The first kappa shape index (κ1) is 20.1. The van der Waals surface area contributed by atoms with Gasteiger partial charge in [-0.05, 0) is 35.5 Å². The summed E-state index contributed by atoms with van der Waals surface area (Å²) >= 11 is 0. The summed E-state index contributed by atoms with van der Waals surface area (Å²) in [7, 11) is 4.11. The highest BCUT2D eigenvalue weighted by Crippen LogP contribution is 2.33. The van der Waals surface area contributed by atoms with Gasteiger partial charge < -0.3 is 28.7 Å². The van der Waals surface area contributed by atoms with E-state index in [0.29, 0.717) is 0 Å². The first-order valence-corrected chi connectivity index (χ1v) is 9.07. The van der Waals surface area contributed by atoms with E-state index in [0.717, 1.165) is 28.2 Å². The molecule has 0 saturated heterocycles. The molecule has 0 bridgehead atoms. The summed E-state index contributed by atoms with van der Waals surface area (Å²) in [5.41, 5.74) is 5.64. The molecule has 1 aliphatic carbocycles. The molecule has 0 saturated carbocycles. The number of benzene rings is 2. The second-order valence-corrected chi connectivity index (χ2v) is 6.75. The molecule has 0 N–H and O–H groups in total. The minimum atomic E-state index is 0. The zero-order valence-electron chi connectivity index (χ0n) is 16.0. The third kappa shape index (κ3) is 4.42. The van der Waals surface area contributed by atoms with Crippen LogP contribution in [0, 0.1) is 0 Å². The van der Waals surface area contributed by atoms with Crippen LogP contribution in [0.4, 0.5) is 0 Å². The van der Waals surface area contributed by atoms with Gasteiger partial charge in [-0.25, -0.2) is 4.58 Å². The van der Waals surface area contributed by atoms with Crippen LogP contribution < -0.4 is 24.0 Å². The van der Waals surface area contributed by atoms with E-state index >= 15 is 0 Å². The van der Waals surface area contributed by atoms with Gasteiger partial charge in [0.25, 0.3) is 0 Å². The van der Waals surface area contributed by atoms with Gasteiger partial charge in [0, 0.05) is 23.3 Å². The molecule has 1 aliphatic heterocycles. The number of allylic oxidation sites excluding steroid dienone is 8. The fraction of sp³-hybridized carbons (Fsp3) is 0.0800. The van der Waals surface area contributed by atoms with Gasteiger partial charge in [-0.1, -0.05) is 60.7 Å². The van der Waals surface area contributed by atoms with Crippen LogP contribution >= 0.6 is 0 Å². The molecule has 0 unspecified atom stereocenters. The summed E-state index contributed by atoms with van der Waals surface area (Å²) < 4.78 is 8.37. The Balaban J connectivity index is 0.00000225. The lowest BCUT2D eigenvalue weighted by Crippen LogP contribution is -3.00. The molecule has 0 spiro atoms. The SMILES string of the molecule is C[N+](C)=C1C=CC(=C2C=C(c3ccccc3)OC(c3ccccc3)=C2)C=C1.[I-]. The van der Waals surface area contributed by atoms with Crippen LogP contribution in [0.5, 0.6) is 0 Å². The highest BCUT2D eigenvalue weighted by atomic mass is 127. The van der Waals surface area contributed by atoms with E-state index in [2.05, 4.69) is 79.4 Å². The summed E-state index contributed by atoms with van der Waals surface area (Å²) in [5.74, 6) is 1.73. The molecule has 2 aromatic carbocycles. The number of ether oxygens (including phenoxy) is 1. The molecule has 28 heavy (non-hydrogen) atoms. The molecule has 2 nitrogen and oxygen atoms in total. The van der Waals surface area contributed by atoms with Gasteiger partial charge in [0.2, 0.25) is 0 Å². The Labute approximate surface area is 183 Å². The molecule has 2 aromatic rings. The van der Waals surface area contributed by atoms with Crippen molar-refractivity contribution in [1.29, 1.82) is 0 Å². The molecule has 1 heterocycles. The third-order valence-corrected chi connectivity index (χ3v) is 4.63. The summed E-state index contributed by atoms with van der Waals surface area (Å²) in [6, 6.07) is 20.5. The normalized spacial score (nSPS) is 15.4. The molecule has 0 radical (unpaired) electrons. The van der Waals surface area contributed by atoms with Gasteiger partial charge in [0.15, 0.2) is 5.71 Å². The Morgan fingerprint density at radius 2 is 1.07 bits per heavy atom. The number of nitrogens with zero attached hydrogens (tertiary/aromatic N) is 1. The molecule has 2 aliphatic rings. The summed E-state index contributed by atoms with van der Waals surface area (Å²) in [5, 5.41) is 0. The van der Waals surface area contributed by atoms with Crippen molar-refractivity contribution in [2.75, 3.05) is 14.1 Å². The minimum absolute atomic E-state index is 0. The van der Waals surface area contributed by atoms with E-state index in [1.807, 2.05) is 36.4 Å². The highest BCUT2D eigenvalue weighted by molar-refractivity contribution is 6.02. The zero-order chi connectivity index (χ0) is 18.6. The van der Waals surface area contributed by atoms with Gasteiger partial charge in [-0.2, -0.15) is 0 Å². The third-order valence-electron chi connectivity index (χ3n) is 4.63. The maximum absolute atomic E-state index is 6.27. The van der Waals surface area contributed by atoms with E-state index in [9.17, 15) is 0 Å². The first-order chi connectivity index (χ1) is 13.2. The monoisotopic (exact) mass is 479 g/mol. The van der Waals surface area contributed by atoms with Gasteiger partial charge in [0.05, 0.1) is 0 Å². The molecular weight excluding hydrogens is 457 g/mol. The first-order valence-electron chi connectivity index (χ1n) is 9.07. The lowest BCUT2D eigenvalue weighted by Gasteiger charge is -2.20. The predicted molar refractivity (Wildman–Crippen MR) is 112 cm³/mol. The molecule has 140 valence electrons. The van der Waals surface area contributed by atoms with Crippen molar-refractivity contribution in [3.8, 4) is 0 Å². The lowest BCUT2D eigenvalue weighted by atomic mass is 9.97. The average molecular weight is 479 g/mol. The highest BCUT2D eigenvalue weighted by Gasteiger charge is 2.17. The van der Waals surface area contributed by atoms with Gasteiger partial charge in [-0.3, -0.25) is 0 Å². The van der Waals surface area contributed by atoms with Crippen molar-refractivity contribution in [2.24, 2.45) is 0 Å². The van der Waals surface area contributed by atoms with E-state index < -0.39 is 0 Å². The smallest absolute Gasteiger partial charge is 0.199 e. The second-order valence-electron chi connectivity index (χ2n) is 6.75. The fourth-order valence-corrected chi connectivity index (χ4v) is 3.11. The Morgan fingerprint density at radius 1 is 0.607 bits per heavy atom. The van der Waals surface area contributed by atoms with Crippen LogP contribution in [-0.2, 0) is 4.74 Å². The maximum atomic E-state index is 6.27. The van der Waals surface area contributed by atoms with E-state index in [1.54, 1.807) is 0 Å². The van der Waals surface area contributed by atoms with E-state index in [4.69, 9.17) is 4.74 Å². The van der Waals surface area contributed by atoms with Crippen LogP contribution in [0.1, 0.15) is 11.1 Å². The molecule has 0 aromatic heterocycles. The Kier molecular flexibility index (Phi) is 6.47. The molecule has 0 atom stereocenters. The number of hydrogen-bond donors (Lipinski definition) is 0. The average Bonchev–Trinajstić information content (AvgIpc) is 2.75. The number of halogens is 1. The summed E-state index contributed by atoms with van der Waals surface area (Å²) in [6.45, 7) is 0. The molecule has 0 amide bonds. The summed E-state index contributed by atoms with van der Waals surface area (Å²) in [4.78, 5) is 0. The van der Waals surface area contributed by atoms with Crippen molar-refractivity contribution in [1.82, 2.24) is 0 Å². The maximum Gasteiger partial charge on any atom is 0.199 e. The Morgan fingerprint density at radius 3 is 1.50 bits per heavy atom. The van der Waals surface area contributed by atoms with Crippen molar-refractivity contribution in [3.63, 3.8) is 0 Å². The van der Waals surface area contributed by atoms with Crippen LogP contribution in [0.15, 0.2) is 108 Å². The number of rotatable bonds is 2. The van der Waals surface area contributed by atoms with Crippen LogP contribution in [0.3, 0.4) is 0 Å². The van der Waals surface area contributed by atoms with Gasteiger partial charge in [0.1, 0.15) is 25.6 Å². The van der Waals surface area contributed by atoms with E-state index in [-0.39, 0.29) is 24.0 Å². The lowest BCUT2D eigenvalue weighted by molar-refractivity contribution is -0.462. The Hall–Kier alpha value is -2.66. The van der Waals surface area contributed by atoms with Crippen LogP contribution in [-0.4, -0.2) is 24.4 Å². The molecule has 0 fully saturated rings. The van der Waals surface area contributed by atoms with Gasteiger partial charge in [-0.15, -0.1) is 0 Å². The quantitative estimate of drug-likeness (QED) is 0.476. The molecular formula is C25H22INO. The molecule has 4 rings (SSSR count).